The summed E-state index contributed by atoms with van der Waals surface area (Å²) in [5.41, 5.74) is 4.66. The summed E-state index contributed by atoms with van der Waals surface area (Å²) in [6.45, 7) is 5.71. The molecular formula is C13H19FN2OS. The molecule has 0 aromatic heterocycles. The zero-order valence-electron chi connectivity index (χ0n) is 10.9. The molecule has 0 heterocycles. The lowest BCUT2D eigenvalue weighted by Gasteiger charge is -2.29. The lowest BCUT2D eigenvalue weighted by molar-refractivity contribution is -0.123. The van der Waals surface area contributed by atoms with Crippen molar-refractivity contribution in [2.45, 2.75) is 37.2 Å². The van der Waals surface area contributed by atoms with E-state index in [4.69, 9.17) is 5.73 Å². The summed E-state index contributed by atoms with van der Waals surface area (Å²) in [7, 11) is 0. The second kappa shape index (κ2) is 6.20. The molecule has 0 aliphatic heterocycles. The van der Waals surface area contributed by atoms with E-state index in [0.717, 1.165) is 4.90 Å². The lowest BCUT2D eigenvalue weighted by Crippen LogP contribution is -2.57. The Morgan fingerprint density at radius 2 is 2.00 bits per heavy atom. The molecule has 1 amide bonds. The molecule has 0 bridgehead atoms. The Hall–Kier alpha value is -1.07. The Morgan fingerprint density at radius 3 is 2.44 bits per heavy atom. The van der Waals surface area contributed by atoms with E-state index in [1.54, 1.807) is 19.1 Å². The van der Waals surface area contributed by atoms with E-state index in [0.29, 0.717) is 5.75 Å². The molecule has 18 heavy (non-hydrogen) atoms. The van der Waals surface area contributed by atoms with Crippen LogP contribution in [0.1, 0.15) is 20.8 Å². The molecule has 100 valence electrons. The largest absolute Gasteiger partial charge is 0.368 e. The van der Waals surface area contributed by atoms with Gasteiger partial charge in [-0.15, -0.1) is 11.8 Å². The van der Waals surface area contributed by atoms with Crippen LogP contribution in [0.15, 0.2) is 29.2 Å². The van der Waals surface area contributed by atoms with E-state index in [9.17, 15) is 9.18 Å². The topological polar surface area (TPSA) is 55.1 Å². The fourth-order valence-electron chi connectivity index (χ4n) is 1.58. The molecule has 1 atom stereocenters. The third kappa shape index (κ3) is 4.31. The first-order chi connectivity index (χ1) is 8.33. The highest BCUT2D eigenvalue weighted by Gasteiger charge is 2.31. The van der Waals surface area contributed by atoms with Gasteiger partial charge in [0.15, 0.2) is 0 Å². The highest BCUT2D eigenvalue weighted by atomic mass is 32.2. The monoisotopic (exact) mass is 270 g/mol. The summed E-state index contributed by atoms with van der Waals surface area (Å²) in [4.78, 5) is 12.4. The van der Waals surface area contributed by atoms with Crippen LogP contribution in [0, 0.1) is 5.82 Å². The molecule has 0 aliphatic carbocycles. The number of hydrogen-bond acceptors (Lipinski definition) is 3. The zero-order valence-corrected chi connectivity index (χ0v) is 11.7. The van der Waals surface area contributed by atoms with Gasteiger partial charge in [-0.05, 0) is 45.0 Å². The van der Waals surface area contributed by atoms with Crippen molar-refractivity contribution >= 4 is 17.7 Å². The number of rotatable bonds is 6. The molecule has 3 nitrogen and oxygen atoms in total. The van der Waals surface area contributed by atoms with E-state index < -0.39 is 5.54 Å². The van der Waals surface area contributed by atoms with E-state index in [-0.39, 0.29) is 17.8 Å². The summed E-state index contributed by atoms with van der Waals surface area (Å²) in [5, 5.41) is 3.17. The number of carbonyl (C=O) groups is 1. The number of hydrogen-bond donors (Lipinski definition) is 2. The van der Waals surface area contributed by atoms with E-state index in [1.807, 2.05) is 13.8 Å². The van der Waals surface area contributed by atoms with Crippen LogP contribution in [-0.4, -0.2) is 23.2 Å². The fraction of sp³-hybridized carbons (Fsp3) is 0.462. The number of nitrogens with two attached hydrogens (primary N) is 1. The Balaban J connectivity index is 2.68. The maximum Gasteiger partial charge on any atom is 0.238 e. The summed E-state index contributed by atoms with van der Waals surface area (Å²) in [5.74, 6) is -0.144. The fourth-order valence-corrected chi connectivity index (χ4v) is 2.59. The van der Waals surface area contributed by atoms with E-state index in [2.05, 4.69) is 5.32 Å². The molecule has 5 heteroatoms. The van der Waals surface area contributed by atoms with E-state index >= 15 is 0 Å². The SMILES string of the molecule is CC(C)NC(C)(CSc1ccc(F)cc1)C(N)=O. The van der Waals surface area contributed by atoms with Crippen LogP contribution in [-0.2, 0) is 4.79 Å². The first-order valence-corrected chi connectivity index (χ1v) is 6.78. The number of carbonyl (C=O) groups excluding carboxylic acids is 1. The van der Waals surface area contributed by atoms with Crippen molar-refractivity contribution in [1.82, 2.24) is 5.32 Å². The maximum atomic E-state index is 12.8. The van der Waals surface area contributed by atoms with Crippen LogP contribution in [0.5, 0.6) is 0 Å². The minimum absolute atomic E-state index is 0.163. The standard InChI is InChI=1S/C13H19FN2OS/c1-9(2)16-13(3,12(15)17)8-18-11-6-4-10(14)5-7-11/h4-7,9,16H,8H2,1-3H3,(H2,15,17). The quantitative estimate of drug-likeness (QED) is 0.779. The van der Waals surface area contributed by atoms with Gasteiger partial charge in [-0.25, -0.2) is 4.39 Å². The highest BCUT2D eigenvalue weighted by Crippen LogP contribution is 2.23. The first-order valence-electron chi connectivity index (χ1n) is 5.79. The smallest absolute Gasteiger partial charge is 0.238 e. The average molecular weight is 270 g/mol. The molecule has 0 radical (unpaired) electrons. The van der Waals surface area contributed by atoms with Crippen LogP contribution in [0.2, 0.25) is 0 Å². The molecule has 1 aromatic rings. The summed E-state index contributed by atoms with van der Waals surface area (Å²) in [6.07, 6.45) is 0. The van der Waals surface area contributed by atoms with Gasteiger partial charge >= 0.3 is 0 Å². The molecule has 1 unspecified atom stereocenters. The van der Waals surface area contributed by atoms with Gasteiger partial charge in [0.2, 0.25) is 5.91 Å². The molecule has 0 aliphatic rings. The first kappa shape index (κ1) is 15.0. The van der Waals surface area contributed by atoms with Crippen molar-refractivity contribution in [2.24, 2.45) is 5.73 Å². The molecule has 0 saturated heterocycles. The van der Waals surface area contributed by atoms with Crippen molar-refractivity contribution in [2.75, 3.05) is 5.75 Å². The Morgan fingerprint density at radius 1 is 1.44 bits per heavy atom. The van der Waals surface area contributed by atoms with Crippen molar-refractivity contribution in [3.8, 4) is 0 Å². The zero-order chi connectivity index (χ0) is 13.8. The maximum absolute atomic E-state index is 12.8. The molecular weight excluding hydrogens is 251 g/mol. The number of thioether (sulfide) groups is 1. The average Bonchev–Trinajstić information content (AvgIpc) is 2.27. The predicted molar refractivity (Wildman–Crippen MR) is 73.0 cm³/mol. The molecule has 1 rings (SSSR count). The van der Waals surface area contributed by atoms with Gasteiger partial charge in [-0.2, -0.15) is 0 Å². The Bertz CT molecular complexity index is 408. The van der Waals surface area contributed by atoms with Gasteiger partial charge in [-0.3, -0.25) is 4.79 Å². The predicted octanol–water partition coefficient (Wildman–Crippen LogP) is 2.16. The minimum Gasteiger partial charge on any atom is -0.368 e. The van der Waals surface area contributed by atoms with Gasteiger partial charge in [0.1, 0.15) is 11.4 Å². The normalized spacial score (nSPS) is 14.5. The number of halogens is 1. The lowest BCUT2D eigenvalue weighted by atomic mass is 10.0. The van der Waals surface area contributed by atoms with Gasteiger partial charge < -0.3 is 11.1 Å². The van der Waals surface area contributed by atoms with Crippen molar-refractivity contribution in [1.29, 1.82) is 0 Å². The summed E-state index contributed by atoms with van der Waals surface area (Å²) >= 11 is 1.48. The number of benzene rings is 1. The van der Waals surface area contributed by atoms with Crippen molar-refractivity contribution < 1.29 is 9.18 Å². The summed E-state index contributed by atoms with van der Waals surface area (Å²) < 4.78 is 12.8. The van der Waals surface area contributed by atoms with Gasteiger partial charge in [0.05, 0.1) is 0 Å². The van der Waals surface area contributed by atoms with Crippen LogP contribution in [0.3, 0.4) is 0 Å². The molecule has 0 fully saturated rings. The van der Waals surface area contributed by atoms with Crippen molar-refractivity contribution in [3.05, 3.63) is 30.1 Å². The minimum atomic E-state index is -0.771. The van der Waals surface area contributed by atoms with Crippen LogP contribution < -0.4 is 11.1 Å². The van der Waals surface area contributed by atoms with Gasteiger partial charge in [-0.1, -0.05) is 0 Å². The van der Waals surface area contributed by atoms with Gasteiger partial charge in [0.25, 0.3) is 0 Å². The number of amides is 1. The van der Waals surface area contributed by atoms with Crippen LogP contribution in [0.25, 0.3) is 0 Å². The third-order valence-corrected chi connectivity index (χ3v) is 3.82. The van der Waals surface area contributed by atoms with Gasteiger partial charge in [0, 0.05) is 16.7 Å². The highest BCUT2D eigenvalue weighted by molar-refractivity contribution is 7.99. The summed E-state index contributed by atoms with van der Waals surface area (Å²) in [6, 6.07) is 6.35. The van der Waals surface area contributed by atoms with Crippen molar-refractivity contribution in [3.63, 3.8) is 0 Å². The molecule has 0 saturated carbocycles. The molecule has 3 N–H and O–H groups in total. The van der Waals surface area contributed by atoms with E-state index in [1.165, 1.54) is 23.9 Å². The number of nitrogens with one attached hydrogen (secondary N) is 1. The molecule has 1 aromatic carbocycles. The molecule has 0 spiro atoms. The third-order valence-electron chi connectivity index (χ3n) is 2.49. The Labute approximate surface area is 111 Å². The second-order valence-corrected chi connectivity index (χ2v) is 5.79. The van der Waals surface area contributed by atoms with Crippen LogP contribution in [0.4, 0.5) is 4.39 Å². The number of primary amides is 1. The Kier molecular flexibility index (Phi) is 5.16. The second-order valence-electron chi connectivity index (χ2n) is 4.74. The van der Waals surface area contributed by atoms with Crippen LogP contribution >= 0.6 is 11.8 Å².